The van der Waals surface area contributed by atoms with Crippen LogP contribution in [0.25, 0.3) is 21.8 Å². The number of fused-ring (bicyclic) bond motifs is 1. The Bertz CT molecular complexity index is 668. The van der Waals surface area contributed by atoms with Crippen LogP contribution in [0.15, 0.2) is 52.9 Å². The fourth-order valence-corrected chi connectivity index (χ4v) is 3.09. The largest absolute Gasteiger partial charge is 0.451 e. The Kier molecular flexibility index (Phi) is 2.93. The molecule has 2 heteroatoms. The molecule has 0 amide bonds. The molecule has 0 aliphatic rings. The molecule has 0 atom stereocenters. The molecule has 2 aromatic carbocycles. The highest BCUT2D eigenvalue weighted by molar-refractivity contribution is 7.40. The zero-order chi connectivity index (χ0) is 12.5. The van der Waals surface area contributed by atoms with Crippen molar-refractivity contribution >= 4 is 18.9 Å². The molecule has 0 saturated carbocycles. The molecule has 0 saturated heterocycles. The van der Waals surface area contributed by atoms with Gasteiger partial charge < -0.3 is 4.42 Å². The standard InChI is InChI=1S/C16H15OP/c1-11(2)13-8-9-14-15(10-13)18-16(17-14)12-6-4-3-5-7-12/h3-11H,1-2H3. The third kappa shape index (κ3) is 2.07. The fraction of sp³-hybridized carbons (Fsp3) is 0.188. The number of hydrogen-bond acceptors (Lipinski definition) is 1. The van der Waals surface area contributed by atoms with Crippen LogP contribution in [0, 0.1) is 0 Å². The van der Waals surface area contributed by atoms with E-state index in [1.165, 1.54) is 24.4 Å². The molecule has 1 aromatic heterocycles. The zero-order valence-corrected chi connectivity index (χ0v) is 11.4. The first-order valence-corrected chi connectivity index (χ1v) is 7.09. The van der Waals surface area contributed by atoms with Gasteiger partial charge in [0, 0.05) is 10.7 Å². The summed E-state index contributed by atoms with van der Waals surface area (Å²) in [4.78, 5) is 0. The Morgan fingerprint density at radius 1 is 1.00 bits per heavy atom. The topological polar surface area (TPSA) is 13.1 Å². The monoisotopic (exact) mass is 254 g/mol. The minimum Gasteiger partial charge on any atom is -0.451 e. The molecule has 1 heterocycles. The van der Waals surface area contributed by atoms with E-state index < -0.39 is 0 Å². The van der Waals surface area contributed by atoms with Gasteiger partial charge in [0.2, 0.25) is 0 Å². The van der Waals surface area contributed by atoms with Crippen molar-refractivity contribution in [1.82, 2.24) is 0 Å². The summed E-state index contributed by atoms with van der Waals surface area (Å²) >= 11 is 0. The van der Waals surface area contributed by atoms with Gasteiger partial charge in [-0.25, -0.2) is 0 Å². The highest BCUT2D eigenvalue weighted by Crippen LogP contribution is 2.38. The van der Waals surface area contributed by atoms with Crippen LogP contribution in [0.3, 0.4) is 0 Å². The maximum absolute atomic E-state index is 5.93. The van der Waals surface area contributed by atoms with Gasteiger partial charge in [-0.15, -0.1) is 0 Å². The molecule has 0 unspecified atom stereocenters. The molecular formula is C16H15OP. The normalized spacial score (nSPS) is 11.7. The van der Waals surface area contributed by atoms with Gasteiger partial charge in [0.05, 0.1) is 0 Å². The zero-order valence-electron chi connectivity index (χ0n) is 10.6. The van der Waals surface area contributed by atoms with E-state index in [0.717, 1.165) is 11.1 Å². The second kappa shape index (κ2) is 4.59. The molecule has 0 radical (unpaired) electrons. The van der Waals surface area contributed by atoms with E-state index in [4.69, 9.17) is 4.42 Å². The van der Waals surface area contributed by atoms with Crippen molar-refractivity contribution in [2.45, 2.75) is 19.8 Å². The highest BCUT2D eigenvalue weighted by Gasteiger charge is 2.08. The van der Waals surface area contributed by atoms with E-state index >= 15 is 0 Å². The van der Waals surface area contributed by atoms with Crippen molar-refractivity contribution in [1.29, 1.82) is 0 Å². The SMILES string of the molecule is CC(C)c1ccc2oc(-c3ccccc3)pc2c1. The lowest BCUT2D eigenvalue weighted by atomic mass is 10.0. The van der Waals surface area contributed by atoms with Gasteiger partial charge in [-0.2, -0.15) is 0 Å². The molecule has 1 nitrogen and oxygen atoms in total. The van der Waals surface area contributed by atoms with Gasteiger partial charge in [0.25, 0.3) is 0 Å². The van der Waals surface area contributed by atoms with Crippen LogP contribution in [-0.4, -0.2) is 0 Å². The average molecular weight is 254 g/mol. The lowest BCUT2D eigenvalue weighted by Crippen LogP contribution is -1.84. The van der Waals surface area contributed by atoms with E-state index in [1.54, 1.807) is 0 Å². The van der Waals surface area contributed by atoms with Gasteiger partial charge in [-0.3, -0.25) is 0 Å². The van der Waals surface area contributed by atoms with Crippen LogP contribution in [0.4, 0.5) is 0 Å². The van der Waals surface area contributed by atoms with Crippen LogP contribution < -0.4 is 0 Å². The summed E-state index contributed by atoms with van der Waals surface area (Å²) in [6.45, 7) is 4.44. The van der Waals surface area contributed by atoms with Crippen molar-refractivity contribution in [3.05, 3.63) is 54.1 Å². The molecule has 90 valence electrons. The van der Waals surface area contributed by atoms with Gasteiger partial charge in [0.1, 0.15) is 5.58 Å². The Balaban J connectivity index is 2.11. The van der Waals surface area contributed by atoms with Crippen LogP contribution >= 0.6 is 8.19 Å². The lowest BCUT2D eigenvalue weighted by molar-refractivity contribution is 0.638. The molecule has 0 aliphatic carbocycles. The van der Waals surface area contributed by atoms with Crippen LogP contribution in [0.2, 0.25) is 0 Å². The second-order valence-corrected chi connectivity index (χ2v) is 5.88. The summed E-state index contributed by atoms with van der Waals surface area (Å²) in [7, 11) is 1.17. The van der Waals surface area contributed by atoms with E-state index in [-0.39, 0.29) is 0 Å². The molecule has 0 N–H and O–H groups in total. The first-order chi connectivity index (χ1) is 8.74. The second-order valence-electron chi connectivity index (χ2n) is 4.77. The summed E-state index contributed by atoms with van der Waals surface area (Å²) in [5, 5.41) is 1.28. The molecule has 0 fully saturated rings. The minimum atomic E-state index is 0.561. The van der Waals surface area contributed by atoms with Crippen molar-refractivity contribution in [2.75, 3.05) is 0 Å². The number of hydrogen-bond donors (Lipinski definition) is 0. The summed E-state index contributed by atoms with van der Waals surface area (Å²) < 4.78 is 5.93. The van der Waals surface area contributed by atoms with Crippen molar-refractivity contribution in [2.24, 2.45) is 0 Å². The van der Waals surface area contributed by atoms with Crippen LogP contribution in [0.1, 0.15) is 25.3 Å². The summed E-state index contributed by atoms with van der Waals surface area (Å²) in [5.74, 6) is 0.561. The molecular weight excluding hydrogens is 239 g/mol. The molecule has 0 bridgehead atoms. The molecule has 18 heavy (non-hydrogen) atoms. The summed E-state index contributed by atoms with van der Waals surface area (Å²) in [6.07, 6.45) is 0. The predicted molar refractivity (Wildman–Crippen MR) is 78.3 cm³/mol. The lowest BCUT2D eigenvalue weighted by Gasteiger charge is -2.03. The Morgan fingerprint density at radius 3 is 2.50 bits per heavy atom. The van der Waals surface area contributed by atoms with Crippen LogP contribution in [-0.2, 0) is 0 Å². The van der Waals surface area contributed by atoms with E-state index in [2.05, 4.69) is 44.2 Å². The van der Waals surface area contributed by atoms with E-state index in [1.807, 2.05) is 18.2 Å². The third-order valence-electron chi connectivity index (χ3n) is 3.10. The van der Waals surface area contributed by atoms with Gasteiger partial charge in [0.15, 0.2) is 5.49 Å². The quantitative estimate of drug-likeness (QED) is 0.563. The van der Waals surface area contributed by atoms with Crippen LogP contribution in [0.5, 0.6) is 0 Å². The fourth-order valence-electron chi connectivity index (χ4n) is 2.01. The Labute approximate surface area is 109 Å². The predicted octanol–water partition coefficient (Wildman–Crippen LogP) is 5.80. The van der Waals surface area contributed by atoms with Gasteiger partial charge in [-0.05, 0) is 31.8 Å². The number of rotatable bonds is 2. The maximum Gasteiger partial charge on any atom is 0.161 e. The first-order valence-electron chi connectivity index (χ1n) is 6.20. The van der Waals surface area contributed by atoms with Gasteiger partial charge >= 0.3 is 0 Å². The highest BCUT2D eigenvalue weighted by atomic mass is 31.0. The van der Waals surface area contributed by atoms with Crippen molar-refractivity contribution in [3.8, 4) is 11.1 Å². The Hall–Kier alpha value is -1.59. The number of benzene rings is 2. The van der Waals surface area contributed by atoms with E-state index in [0.29, 0.717) is 5.92 Å². The maximum atomic E-state index is 5.93. The smallest absolute Gasteiger partial charge is 0.161 e. The first kappa shape index (κ1) is 11.5. The van der Waals surface area contributed by atoms with Gasteiger partial charge in [-0.1, -0.05) is 50.2 Å². The third-order valence-corrected chi connectivity index (χ3v) is 4.24. The van der Waals surface area contributed by atoms with E-state index in [9.17, 15) is 0 Å². The van der Waals surface area contributed by atoms with Crippen molar-refractivity contribution < 1.29 is 4.42 Å². The Morgan fingerprint density at radius 2 is 1.78 bits per heavy atom. The average Bonchev–Trinajstić information content (AvgIpc) is 2.82. The molecule has 0 aliphatic heterocycles. The molecule has 3 aromatic rings. The molecule has 0 spiro atoms. The summed E-state index contributed by atoms with van der Waals surface area (Å²) in [5.41, 5.74) is 4.58. The molecule has 3 rings (SSSR count). The summed E-state index contributed by atoms with van der Waals surface area (Å²) in [6, 6.07) is 16.8. The minimum absolute atomic E-state index is 0.561. The van der Waals surface area contributed by atoms with Crippen molar-refractivity contribution in [3.63, 3.8) is 0 Å².